The second-order valence-electron chi connectivity index (χ2n) is 5.47. The van der Waals surface area contributed by atoms with E-state index in [1.54, 1.807) is 23.6 Å². The lowest BCUT2D eigenvalue weighted by atomic mass is 10.1. The molecule has 2 N–H and O–H groups in total. The lowest BCUT2D eigenvalue weighted by molar-refractivity contribution is 0.0696. The minimum atomic E-state index is -3.81. The summed E-state index contributed by atoms with van der Waals surface area (Å²) in [6, 6.07) is 9.51. The maximum Gasteiger partial charge on any atom is 0.335 e. The SMILES string of the molecule is Cc1ccc(S(=O)(=O)NCCc2nnc3ccccn23)cc1C(=O)O. The summed E-state index contributed by atoms with van der Waals surface area (Å²) < 4.78 is 29.0. The Kier molecular flexibility index (Phi) is 4.51. The van der Waals surface area contributed by atoms with Crippen molar-refractivity contribution in [2.75, 3.05) is 6.54 Å². The number of hydrogen-bond donors (Lipinski definition) is 2. The molecule has 130 valence electrons. The number of aromatic carboxylic acids is 1. The maximum absolute atomic E-state index is 12.4. The molecule has 0 spiro atoms. The van der Waals surface area contributed by atoms with Crippen molar-refractivity contribution in [3.63, 3.8) is 0 Å². The van der Waals surface area contributed by atoms with Crippen LogP contribution in [0.1, 0.15) is 21.7 Å². The van der Waals surface area contributed by atoms with Gasteiger partial charge in [-0.25, -0.2) is 17.9 Å². The topological polar surface area (TPSA) is 114 Å². The summed E-state index contributed by atoms with van der Waals surface area (Å²) in [5.41, 5.74) is 1.15. The number of fused-ring (bicyclic) bond motifs is 1. The fourth-order valence-corrected chi connectivity index (χ4v) is 3.50. The van der Waals surface area contributed by atoms with Crippen LogP contribution in [0.2, 0.25) is 0 Å². The number of carboxylic acid groups (broad SMARTS) is 1. The van der Waals surface area contributed by atoms with Gasteiger partial charge in [-0.15, -0.1) is 10.2 Å². The summed E-state index contributed by atoms with van der Waals surface area (Å²) in [5, 5.41) is 17.2. The van der Waals surface area contributed by atoms with E-state index in [4.69, 9.17) is 5.11 Å². The number of nitrogens with one attached hydrogen (secondary N) is 1. The van der Waals surface area contributed by atoms with Crippen molar-refractivity contribution in [1.29, 1.82) is 0 Å². The molecule has 0 aliphatic heterocycles. The molecule has 25 heavy (non-hydrogen) atoms. The monoisotopic (exact) mass is 360 g/mol. The summed E-state index contributed by atoms with van der Waals surface area (Å²) in [5.74, 6) is -0.530. The van der Waals surface area contributed by atoms with Crippen molar-refractivity contribution in [1.82, 2.24) is 19.3 Å². The van der Waals surface area contributed by atoms with Crippen molar-refractivity contribution in [2.45, 2.75) is 18.2 Å². The molecule has 0 saturated heterocycles. The van der Waals surface area contributed by atoms with Gasteiger partial charge in [-0.3, -0.25) is 4.40 Å². The third-order valence-electron chi connectivity index (χ3n) is 3.77. The summed E-state index contributed by atoms with van der Waals surface area (Å²) >= 11 is 0. The molecule has 9 heteroatoms. The Labute approximate surface area is 144 Å². The molecule has 0 aliphatic rings. The Morgan fingerprint density at radius 2 is 2.04 bits per heavy atom. The third kappa shape index (κ3) is 3.52. The number of rotatable bonds is 6. The molecule has 1 aromatic carbocycles. The molecule has 0 atom stereocenters. The highest BCUT2D eigenvalue weighted by molar-refractivity contribution is 7.89. The van der Waals surface area contributed by atoms with E-state index in [0.29, 0.717) is 23.5 Å². The predicted octanol–water partition coefficient (Wildman–Crippen LogP) is 1.26. The molecule has 8 nitrogen and oxygen atoms in total. The van der Waals surface area contributed by atoms with E-state index >= 15 is 0 Å². The molecule has 0 radical (unpaired) electrons. The van der Waals surface area contributed by atoms with Crippen LogP contribution in [-0.2, 0) is 16.4 Å². The van der Waals surface area contributed by atoms with Crippen molar-refractivity contribution in [2.24, 2.45) is 0 Å². The number of aromatic nitrogens is 3. The Bertz CT molecular complexity index is 1040. The van der Waals surface area contributed by atoms with E-state index in [0.717, 1.165) is 6.07 Å². The minimum Gasteiger partial charge on any atom is -0.478 e. The highest BCUT2D eigenvalue weighted by atomic mass is 32.2. The van der Waals surface area contributed by atoms with Crippen molar-refractivity contribution >= 4 is 21.6 Å². The van der Waals surface area contributed by atoms with E-state index in [2.05, 4.69) is 14.9 Å². The van der Waals surface area contributed by atoms with Gasteiger partial charge in [-0.05, 0) is 36.8 Å². The standard InChI is InChI=1S/C16H16N4O4S/c1-11-5-6-12(10-13(11)16(21)22)25(23,24)17-8-7-15-19-18-14-4-2-3-9-20(14)15/h2-6,9-10,17H,7-8H2,1H3,(H,21,22). The first-order valence-corrected chi connectivity index (χ1v) is 8.99. The second-order valence-corrected chi connectivity index (χ2v) is 7.24. The third-order valence-corrected chi connectivity index (χ3v) is 5.23. The number of pyridine rings is 1. The van der Waals surface area contributed by atoms with Gasteiger partial charge in [0.2, 0.25) is 10.0 Å². The molecule has 2 aromatic heterocycles. The first-order chi connectivity index (χ1) is 11.9. The van der Waals surface area contributed by atoms with Crippen LogP contribution in [0.25, 0.3) is 5.65 Å². The normalized spacial score (nSPS) is 11.7. The highest BCUT2D eigenvalue weighted by Crippen LogP contribution is 2.15. The number of nitrogens with zero attached hydrogens (tertiary/aromatic N) is 3. The van der Waals surface area contributed by atoms with Crippen LogP contribution in [0, 0.1) is 6.92 Å². The summed E-state index contributed by atoms with van der Waals surface area (Å²) in [6.07, 6.45) is 2.15. The minimum absolute atomic E-state index is 0.0358. The van der Waals surface area contributed by atoms with Gasteiger partial charge in [0, 0.05) is 19.2 Å². The molecule has 3 rings (SSSR count). The number of aryl methyl sites for hydroxylation is 1. The van der Waals surface area contributed by atoms with Crippen molar-refractivity contribution in [3.05, 3.63) is 59.5 Å². The quantitative estimate of drug-likeness (QED) is 0.684. The highest BCUT2D eigenvalue weighted by Gasteiger charge is 2.17. The first kappa shape index (κ1) is 17.1. The van der Waals surface area contributed by atoms with E-state index < -0.39 is 16.0 Å². The Morgan fingerprint density at radius 1 is 1.24 bits per heavy atom. The number of carbonyl (C=O) groups is 1. The molecular weight excluding hydrogens is 344 g/mol. The van der Waals surface area contributed by atoms with Crippen LogP contribution in [0.4, 0.5) is 0 Å². The van der Waals surface area contributed by atoms with Crippen molar-refractivity contribution < 1.29 is 18.3 Å². The maximum atomic E-state index is 12.4. The van der Waals surface area contributed by atoms with Gasteiger partial charge >= 0.3 is 5.97 Å². The van der Waals surface area contributed by atoms with E-state index in [9.17, 15) is 13.2 Å². The Hall–Kier alpha value is -2.78. The van der Waals surface area contributed by atoms with Crippen LogP contribution in [0.5, 0.6) is 0 Å². The van der Waals surface area contributed by atoms with Gasteiger partial charge in [0.1, 0.15) is 5.82 Å². The molecule has 0 aliphatic carbocycles. The van der Waals surface area contributed by atoms with Gasteiger partial charge in [0.05, 0.1) is 10.5 Å². The summed E-state index contributed by atoms with van der Waals surface area (Å²) in [4.78, 5) is 11.1. The van der Waals surface area contributed by atoms with E-state index in [1.165, 1.54) is 12.1 Å². The lowest BCUT2D eigenvalue weighted by Gasteiger charge is -2.08. The van der Waals surface area contributed by atoms with Crippen LogP contribution in [-0.4, -0.2) is 40.6 Å². The molecule has 0 fully saturated rings. The second kappa shape index (κ2) is 6.61. The molecule has 0 bridgehead atoms. The molecular formula is C16H16N4O4S. The number of sulfonamides is 1. The van der Waals surface area contributed by atoms with Crippen molar-refractivity contribution in [3.8, 4) is 0 Å². The number of hydrogen-bond acceptors (Lipinski definition) is 5. The zero-order chi connectivity index (χ0) is 18.0. The smallest absolute Gasteiger partial charge is 0.335 e. The van der Waals surface area contributed by atoms with Crippen LogP contribution in [0.15, 0.2) is 47.5 Å². The van der Waals surface area contributed by atoms with E-state index in [1.807, 2.05) is 12.1 Å². The average molecular weight is 360 g/mol. The summed E-state index contributed by atoms with van der Waals surface area (Å²) in [7, 11) is -3.81. The predicted molar refractivity (Wildman–Crippen MR) is 90.0 cm³/mol. The Morgan fingerprint density at radius 3 is 2.80 bits per heavy atom. The zero-order valence-corrected chi connectivity index (χ0v) is 14.2. The molecule has 0 amide bonds. The largest absolute Gasteiger partial charge is 0.478 e. The molecule has 0 saturated carbocycles. The van der Waals surface area contributed by atoms with E-state index in [-0.39, 0.29) is 17.0 Å². The van der Waals surface area contributed by atoms with Crippen LogP contribution in [0.3, 0.4) is 0 Å². The molecule has 3 aromatic rings. The van der Waals surface area contributed by atoms with Gasteiger partial charge in [-0.1, -0.05) is 12.1 Å². The zero-order valence-electron chi connectivity index (χ0n) is 13.4. The molecule has 0 unspecified atom stereocenters. The fraction of sp³-hybridized carbons (Fsp3) is 0.188. The Balaban J connectivity index is 1.74. The van der Waals surface area contributed by atoms with Gasteiger partial charge in [0.25, 0.3) is 0 Å². The first-order valence-electron chi connectivity index (χ1n) is 7.51. The van der Waals surface area contributed by atoms with Crippen LogP contribution < -0.4 is 4.72 Å². The number of benzene rings is 1. The summed E-state index contributed by atoms with van der Waals surface area (Å²) in [6.45, 7) is 1.73. The van der Waals surface area contributed by atoms with Gasteiger partial charge < -0.3 is 5.11 Å². The fourth-order valence-electron chi connectivity index (χ4n) is 2.44. The number of carboxylic acids is 1. The average Bonchev–Trinajstić information content (AvgIpc) is 2.98. The van der Waals surface area contributed by atoms with Gasteiger partial charge in [-0.2, -0.15) is 0 Å². The van der Waals surface area contributed by atoms with Gasteiger partial charge in [0.15, 0.2) is 5.65 Å². The molecule has 2 heterocycles. The lowest BCUT2D eigenvalue weighted by Crippen LogP contribution is -2.26. The van der Waals surface area contributed by atoms with Crippen LogP contribution >= 0.6 is 0 Å².